The van der Waals surface area contributed by atoms with Crippen LogP contribution in [-0.4, -0.2) is 30.2 Å². The van der Waals surface area contributed by atoms with E-state index < -0.39 is 18.6 Å². The summed E-state index contributed by atoms with van der Waals surface area (Å²) in [5.74, 6) is 0. The van der Waals surface area contributed by atoms with Gasteiger partial charge in [-0.1, -0.05) is 30.3 Å². The summed E-state index contributed by atoms with van der Waals surface area (Å²) in [6.45, 7) is 2.49. The Balaban J connectivity index is 2.05. The fourth-order valence-corrected chi connectivity index (χ4v) is 2.03. The molecular weight excluding hydrogens is 212 g/mol. The first kappa shape index (κ1) is 11.5. The van der Waals surface area contributed by atoms with Crippen LogP contribution in [0.4, 0.5) is 8.78 Å². The summed E-state index contributed by atoms with van der Waals surface area (Å²) in [5, 5.41) is 0. The van der Waals surface area contributed by atoms with Crippen LogP contribution >= 0.6 is 0 Å². The molecule has 0 N–H and O–H groups in total. The minimum atomic E-state index is -2.36. The summed E-state index contributed by atoms with van der Waals surface area (Å²) >= 11 is 0. The van der Waals surface area contributed by atoms with Crippen molar-refractivity contribution >= 4 is 0 Å². The molecule has 16 heavy (non-hydrogen) atoms. The van der Waals surface area contributed by atoms with Gasteiger partial charge >= 0.3 is 0 Å². The van der Waals surface area contributed by atoms with Gasteiger partial charge in [0.25, 0.3) is 6.43 Å². The Hall–Kier alpha value is -1.00. The molecule has 1 aliphatic rings. The highest BCUT2D eigenvalue weighted by Gasteiger charge is 2.38. The lowest BCUT2D eigenvalue weighted by Gasteiger charge is -2.23. The molecule has 1 aromatic carbocycles. The van der Waals surface area contributed by atoms with E-state index in [4.69, 9.17) is 4.74 Å². The van der Waals surface area contributed by atoms with E-state index in [-0.39, 0.29) is 6.73 Å². The average molecular weight is 227 g/mol. The molecule has 0 unspecified atom stereocenters. The number of hydrogen-bond donors (Lipinski definition) is 0. The maximum Gasteiger partial charge on any atom is 0.256 e. The largest absolute Gasteiger partial charge is 0.361 e. The summed E-state index contributed by atoms with van der Waals surface area (Å²) in [7, 11) is 0. The second-order valence-corrected chi connectivity index (χ2v) is 4.06. The van der Waals surface area contributed by atoms with Crippen LogP contribution in [0.5, 0.6) is 0 Å². The van der Waals surface area contributed by atoms with Crippen LogP contribution in [0.3, 0.4) is 0 Å². The smallest absolute Gasteiger partial charge is 0.256 e. The van der Waals surface area contributed by atoms with Gasteiger partial charge in [-0.25, -0.2) is 8.78 Å². The van der Waals surface area contributed by atoms with Gasteiger partial charge in [-0.2, -0.15) is 0 Å². The molecule has 0 radical (unpaired) electrons. The van der Waals surface area contributed by atoms with E-state index in [1.807, 2.05) is 30.3 Å². The van der Waals surface area contributed by atoms with Gasteiger partial charge in [-0.15, -0.1) is 0 Å². The van der Waals surface area contributed by atoms with Crippen molar-refractivity contribution in [1.29, 1.82) is 0 Å². The molecule has 1 heterocycles. The molecule has 0 bridgehead atoms. The number of alkyl halides is 2. The molecule has 1 aliphatic heterocycles. The minimum absolute atomic E-state index is 0.283. The first-order chi connectivity index (χ1) is 7.68. The van der Waals surface area contributed by atoms with Gasteiger partial charge in [0, 0.05) is 6.54 Å². The first-order valence-electron chi connectivity index (χ1n) is 5.36. The van der Waals surface area contributed by atoms with Crippen LogP contribution in [0.25, 0.3) is 0 Å². The highest BCUT2D eigenvalue weighted by atomic mass is 19.3. The maximum absolute atomic E-state index is 12.8. The molecule has 2 rings (SSSR count). The van der Waals surface area contributed by atoms with Gasteiger partial charge in [0.05, 0.1) is 12.1 Å². The molecule has 0 spiro atoms. The molecule has 0 amide bonds. The molecule has 88 valence electrons. The van der Waals surface area contributed by atoms with E-state index in [2.05, 4.69) is 0 Å². The third kappa shape index (κ3) is 2.39. The van der Waals surface area contributed by atoms with Gasteiger partial charge in [-0.05, 0) is 12.5 Å². The number of rotatable bonds is 3. The van der Waals surface area contributed by atoms with Crippen molar-refractivity contribution in [2.24, 2.45) is 0 Å². The van der Waals surface area contributed by atoms with E-state index in [0.717, 1.165) is 5.56 Å². The van der Waals surface area contributed by atoms with Crippen LogP contribution in [0.15, 0.2) is 30.3 Å². The topological polar surface area (TPSA) is 12.5 Å². The summed E-state index contributed by atoms with van der Waals surface area (Å²) in [6.07, 6.45) is -2.76. The SMILES string of the molecule is C[C@H]1OCN(Cc2ccccc2)[C@@H]1C(F)F. The van der Waals surface area contributed by atoms with Gasteiger partial charge in [-0.3, -0.25) is 4.90 Å². The monoisotopic (exact) mass is 227 g/mol. The average Bonchev–Trinajstić information content (AvgIpc) is 2.61. The van der Waals surface area contributed by atoms with Crippen molar-refractivity contribution < 1.29 is 13.5 Å². The van der Waals surface area contributed by atoms with Gasteiger partial charge in [0.15, 0.2) is 0 Å². The molecular formula is C12H15F2NO. The molecule has 4 heteroatoms. The van der Waals surface area contributed by atoms with Gasteiger partial charge in [0.2, 0.25) is 0 Å². The van der Waals surface area contributed by atoms with Crippen LogP contribution < -0.4 is 0 Å². The normalized spacial score (nSPS) is 26.5. The lowest BCUT2D eigenvalue weighted by Crippen LogP contribution is -2.39. The summed E-state index contributed by atoms with van der Waals surface area (Å²) < 4.78 is 30.9. The fraction of sp³-hybridized carbons (Fsp3) is 0.500. The summed E-state index contributed by atoms with van der Waals surface area (Å²) in [6, 6.07) is 8.81. The minimum Gasteiger partial charge on any atom is -0.361 e. The van der Waals surface area contributed by atoms with Crippen molar-refractivity contribution in [2.45, 2.75) is 32.0 Å². The zero-order valence-electron chi connectivity index (χ0n) is 9.14. The van der Waals surface area contributed by atoms with E-state index >= 15 is 0 Å². The Morgan fingerprint density at radius 1 is 1.38 bits per heavy atom. The Bertz CT molecular complexity index is 331. The predicted molar refractivity (Wildman–Crippen MR) is 57.2 cm³/mol. The Morgan fingerprint density at radius 2 is 2.06 bits per heavy atom. The van der Waals surface area contributed by atoms with Crippen LogP contribution in [0.2, 0.25) is 0 Å². The second kappa shape index (κ2) is 4.89. The van der Waals surface area contributed by atoms with Crippen molar-refractivity contribution in [3.05, 3.63) is 35.9 Å². The summed E-state index contributed by atoms with van der Waals surface area (Å²) in [4.78, 5) is 1.69. The molecule has 0 aliphatic carbocycles. The van der Waals surface area contributed by atoms with Gasteiger partial charge < -0.3 is 4.74 Å². The molecule has 0 aromatic heterocycles. The zero-order valence-corrected chi connectivity index (χ0v) is 9.14. The highest BCUT2D eigenvalue weighted by molar-refractivity contribution is 5.14. The Labute approximate surface area is 93.8 Å². The quantitative estimate of drug-likeness (QED) is 0.786. The van der Waals surface area contributed by atoms with E-state index in [1.165, 1.54) is 0 Å². The van der Waals surface area contributed by atoms with E-state index in [1.54, 1.807) is 11.8 Å². The lowest BCUT2D eigenvalue weighted by molar-refractivity contribution is 0.0353. The molecule has 1 saturated heterocycles. The third-order valence-corrected chi connectivity index (χ3v) is 2.89. The van der Waals surface area contributed by atoms with Crippen LogP contribution in [0.1, 0.15) is 12.5 Å². The number of benzene rings is 1. The number of hydrogen-bond acceptors (Lipinski definition) is 2. The first-order valence-corrected chi connectivity index (χ1v) is 5.36. The Morgan fingerprint density at radius 3 is 2.69 bits per heavy atom. The van der Waals surface area contributed by atoms with Crippen molar-refractivity contribution in [1.82, 2.24) is 4.90 Å². The van der Waals surface area contributed by atoms with E-state index in [9.17, 15) is 8.78 Å². The van der Waals surface area contributed by atoms with E-state index in [0.29, 0.717) is 6.54 Å². The van der Waals surface area contributed by atoms with Crippen LogP contribution in [0, 0.1) is 0 Å². The molecule has 1 fully saturated rings. The second-order valence-electron chi connectivity index (χ2n) is 4.06. The molecule has 2 atom stereocenters. The summed E-state index contributed by atoms with van der Waals surface area (Å²) in [5.41, 5.74) is 1.03. The molecule has 1 aromatic rings. The van der Waals surface area contributed by atoms with Crippen molar-refractivity contribution in [2.75, 3.05) is 6.73 Å². The fourth-order valence-electron chi connectivity index (χ4n) is 2.03. The number of nitrogens with zero attached hydrogens (tertiary/aromatic N) is 1. The maximum atomic E-state index is 12.8. The Kier molecular flexibility index (Phi) is 3.51. The lowest BCUT2D eigenvalue weighted by atomic mass is 10.1. The third-order valence-electron chi connectivity index (χ3n) is 2.89. The molecule has 2 nitrogen and oxygen atoms in total. The van der Waals surface area contributed by atoms with Crippen molar-refractivity contribution in [3.8, 4) is 0 Å². The molecule has 0 saturated carbocycles. The highest BCUT2D eigenvalue weighted by Crippen LogP contribution is 2.24. The predicted octanol–water partition coefficient (Wildman–Crippen LogP) is 2.50. The number of halogens is 2. The standard InChI is InChI=1S/C12H15F2NO/c1-9-11(12(13)14)15(8-16-9)7-10-5-3-2-4-6-10/h2-6,9,11-12H,7-8H2,1H3/t9-,11+/m1/s1. The zero-order chi connectivity index (χ0) is 11.5. The van der Waals surface area contributed by atoms with Crippen LogP contribution in [-0.2, 0) is 11.3 Å². The number of ether oxygens (including phenoxy) is 1. The van der Waals surface area contributed by atoms with Crippen molar-refractivity contribution in [3.63, 3.8) is 0 Å². The van der Waals surface area contributed by atoms with Gasteiger partial charge in [0.1, 0.15) is 6.73 Å².